The first-order chi connectivity index (χ1) is 23.2. The quantitative estimate of drug-likeness (QED) is 0.0675. The Hall–Kier alpha value is -2.91. The molecule has 0 aromatic heterocycles. The zero-order valence-electron chi connectivity index (χ0n) is 30.4. The van der Waals surface area contributed by atoms with E-state index in [1.807, 2.05) is 24.3 Å². The van der Waals surface area contributed by atoms with Crippen molar-refractivity contribution in [3.8, 4) is 5.75 Å². The van der Waals surface area contributed by atoms with E-state index in [0.29, 0.717) is 30.0 Å². The Kier molecular flexibility index (Phi) is 20.9. The molecule has 0 bridgehead atoms. The summed E-state index contributed by atoms with van der Waals surface area (Å²) in [7, 11) is 0. The van der Waals surface area contributed by atoms with Gasteiger partial charge in [-0.1, -0.05) is 123 Å². The van der Waals surface area contributed by atoms with Crippen molar-refractivity contribution in [1.82, 2.24) is 4.90 Å². The Morgan fingerprint density at radius 3 is 2.00 bits per heavy atom. The first kappa shape index (κ1) is 41.3. The van der Waals surface area contributed by atoms with Gasteiger partial charge in [0.1, 0.15) is 5.75 Å². The molecule has 0 aliphatic carbocycles. The van der Waals surface area contributed by atoms with Gasteiger partial charge in [0.15, 0.2) is 0 Å². The number of aryl methyl sites for hydroxylation is 1. The molecule has 0 heterocycles. The van der Waals surface area contributed by atoms with Gasteiger partial charge in [-0.05, 0) is 56.4 Å². The highest BCUT2D eigenvalue weighted by atomic mass is 32.2. The minimum Gasteiger partial charge on any atom is -0.507 e. The molecule has 9 heteroatoms. The van der Waals surface area contributed by atoms with Crippen LogP contribution in [0.25, 0.3) is 0 Å². The number of phenolic OH excluding ortho intramolecular Hbond substituents is 1. The van der Waals surface area contributed by atoms with Gasteiger partial charge in [-0.2, -0.15) is 0 Å². The highest BCUT2D eigenvalue weighted by Crippen LogP contribution is 2.29. The zero-order chi connectivity index (χ0) is 35.1. The lowest BCUT2D eigenvalue weighted by molar-refractivity contribution is -0.120. The van der Waals surface area contributed by atoms with Crippen molar-refractivity contribution in [3.63, 3.8) is 0 Å². The lowest BCUT2D eigenvalue weighted by atomic mass is 9.93. The third kappa shape index (κ3) is 15.1. The molecule has 0 radical (unpaired) electrons. The molecule has 0 saturated heterocycles. The molecular formula is C39H63N3O5S. The molecule has 0 spiro atoms. The van der Waals surface area contributed by atoms with Crippen LogP contribution >= 0.6 is 0 Å². The number of rotatable bonds is 26. The Balaban J connectivity index is 2.07. The van der Waals surface area contributed by atoms with Crippen molar-refractivity contribution >= 4 is 34.5 Å². The Morgan fingerprint density at radius 2 is 1.38 bits per heavy atom. The van der Waals surface area contributed by atoms with E-state index >= 15 is 0 Å². The first-order valence-electron chi connectivity index (χ1n) is 18.6. The van der Waals surface area contributed by atoms with Gasteiger partial charge in [0, 0.05) is 35.9 Å². The predicted octanol–water partition coefficient (Wildman–Crippen LogP) is 10.2. The van der Waals surface area contributed by atoms with E-state index in [2.05, 4.69) is 37.7 Å². The second-order valence-electron chi connectivity index (χ2n) is 13.0. The van der Waals surface area contributed by atoms with Crippen LogP contribution < -0.4 is 10.0 Å². The maximum absolute atomic E-state index is 13.5. The molecule has 2 aromatic carbocycles. The predicted molar refractivity (Wildman–Crippen MR) is 200 cm³/mol. The fourth-order valence-corrected chi connectivity index (χ4v) is 6.43. The molecular weight excluding hydrogens is 623 g/mol. The largest absolute Gasteiger partial charge is 0.507 e. The monoisotopic (exact) mass is 685 g/mol. The molecule has 48 heavy (non-hydrogen) atoms. The highest BCUT2D eigenvalue weighted by Gasteiger charge is 2.22. The smallest absolute Gasteiger partial charge is 0.262 e. The minimum absolute atomic E-state index is 0.0132. The number of nitrogens with one attached hydrogen (secondary N) is 2. The van der Waals surface area contributed by atoms with Crippen molar-refractivity contribution in [2.45, 2.75) is 144 Å². The van der Waals surface area contributed by atoms with E-state index in [0.717, 1.165) is 69.8 Å². The minimum atomic E-state index is -1.94. The normalized spacial score (nSPS) is 12.4. The number of hydrogen-bond donors (Lipinski definition) is 3. The summed E-state index contributed by atoms with van der Waals surface area (Å²) in [5.74, 6) is -0.305. The van der Waals surface area contributed by atoms with Gasteiger partial charge in [0.05, 0.1) is 12.2 Å². The second kappa shape index (κ2) is 24.3. The van der Waals surface area contributed by atoms with Crippen LogP contribution in [-0.2, 0) is 26.9 Å². The van der Waals surface area contributed by atoms with Crippen LogP contribution in [0.1, 0.15) is 152 Å². The maximum atomic E-state index is 13.5. The standard InChI is InChI=1S/C39H63N3O5S/c1-6-10-14-16-17-19-23-32(22-18-15-11-7-2)38(44)40-36-25-21-20-24-33(36)30-47-48(46)41-34-28-31(5)37(43)35(29-34)39(45)42(26-12-8-3)27-13-9-4/h20-21,24-25,28-29,32,41,43H,6-19,22-23,26-27,30H2,1-5H3,(H,40,44). The van der Waals surface area contributed by atoms with E-state index in [1.165, 1.54) is 44.6 Å². The number of para-hydroxylation sites is 1. The topological polar surface area (TPSA) is 108 Å². The summed E-state index contributed by atoms with van der Waals surface area (Å²) in [5.41, 5.74) is 2.49. The Bertz CT molecular complexity index is 1250. The van der Waals surface area contributed by atoms with Gasteiger partial charge in [-0.3, -0.25) is 18.5 Å². The van der Waals surface area contributed by atoms with E-state index < -0.39 is 11.3 Å². The number of aromatic hydroxyl groups is 1. The third-order valence-corrected chi connectivity index (χ3v) is 9.60. The van der Waals surface area contributed by atoms with Crippen molar-refractivity contribution in [3.05, 3.63) is 53.1 Å². The summed E-state index contributed by atoms with van der Waals surface area (Å²) < 4.78 is 21.6. The molecule has 270 valence electrons. The Labute approximate surface area is 293 Å². The molecule has 2 unspecified atom stereocenters. The summed E-state index contributed by atoms with van der Waals surface area (Å²) in [6.45, 7) is 11.6. The number of unbranched alkanes of at least 4 members (excludes halogenated alkanes) is 10. The fourth-order valence-electron chi connectivity index (χ4n) is 5.83. The zero-order valence-corrected chi connectivity index (χ0v) is 31.2. The number of carbonyl (C=O) groups is 2. The van der Waals surface area contributed by atoms with Gasteiger partial charge in [0.25, 0.3) is 17.2 Å². The summed E-state index contributed by atoms with van der Waals surface area (Å²) in [5, 5.41) is 13.9. The fraction of sp³-hybridized carbons (Fsp3) is 0.641. The van der Waals surface area contributed by atoms with Crippen molar-refractivity contribution in [2.75, 3.05) is 23.1 Å². The number of amides is 2. The maximum Gasteiger partial charge on any atom is 0.262 e. The van der Waals surface area contributed by atoms with Gasteiger partial charge < -0.3 is 15.3 Å². The van der Waals surface area contributed by atoms with Crippen LogP contribution in [0, 0.1) is 12.8 Å². The molecule has 2 aromatic rings. The molecule has 8 nitrogen and oxygen atoms in total. The summed E-state index contributed by atoms with van der Waals surface area (Å²) in [6, 6.07) is 10.6. The summed E-state index contributed by atoms with van der Waals surface area (Å²) in [6.07, 6.45) is 17.2. The lowest BCUT2D eigenvalue weighted by Crippen LogP contribution is -2.33. The molecule has 2 rings (SSSR count). The van der Waals surface area contributed by atoms with Crippen LogP contribution in [0.5, 0.6) is 5.75 Å². The van der Waals surface area contributed by atoms with Crippen molar-refractivity contribution < 1.29 is 23.1 Å². The number of nitrogens with zero attached hydrogens (tertiary/aromatic N) is 1. The number of anilines is 2. The molecule has 0 fully saturated rings. The SMILES string of the molecule is CCCCCCCCC(CCCCCC)C(=O)Nc1ccccc1COS(=O)Nc1cc(C)c(O)c(C(=O)N(CCCC)CCCC)c1. The lowest BCUT2D eigenvalue weighted by Gasteiger charge is -2.23. The average molecular weight is 686 g/mol. The molecule has 2 amide bonds. The van der Waals surface area contributed by atoms with Gasteiger partial charge in [-0.25, -0.2) is 4.21 Å². The van der Waals surface area contributed by atoms with Crippen LogP contribution in [0.3, 0.4) is 0 Å². The number of phenols is 1. The van der Waals surface area contributed by atoms with Gasteiger partial charge in [0.2, 0.25) is 5.91 Å². The summed E-state index contributed by atoms with van der Waals surface area (Å²) >= 11 is -1.94. The Morgan fingerprint density at radius 1 is 0.812 bits per heavy atom. The second-order valence-corrected chi connectivity index (χ2v) is 13.9. The first-order valence-corrected chi connectivity index (χ1v) is 19.7. The number of carbonyl (C=O) groups excluding carboxylic acids is 2. The van der Waals surface area contributed by atoms with Gasteiger partial charge >= 0.3 is 0 Å². The molecule has 0 aliphatic heterocycles. The van der Waals surface area contributed by atoms with Crippen LogP contribution in [0.15, 0.2) is 36.4 Å². The number of hydrogen-bond acceptors (Lipinski definition) is 5. The highest BCUT2D eigenvalue weighted by molar-refractivity contribution is 7.81. The van der Waals surface area contributed by atoms with Crippen molar-refractivity contribution in [1.29, 1.82) is 0 Å². The van der Waals surface area contributed by atoms with Crippen LogP contribution in [0.2, 0.25) is 0 Å². The van der Waals surface area contributed by atoms with E-state index in [-0.39, 0.29) is 35.7 Å². The molecule has 2 atom stereocenters. The molecule has 3 N–H and O–H groups in total. The van der Waals surface area contributed by atoms with Gasteiger partial charge in [-0.15, -0.1) is 0 Å². The van der Waals surface area contributed by atoms with Crippen molar-refractivity contribution in [2.24, 2.45) is 5.92 Å². The summed E-state index contributed by atoms with van der Waals surface area (Å²) in [4.78, 5) is 28.7. The van der Waals surface area contributed by atoms with E-state index in [1.54, 1.807) is 17.9 Å². The van der Waals surface area contributed by atoms with E-state index in [9.17, 15) is 18.9 Å². The molecule has 0 aliphatic rings. The number of benzene rings is 2. The molecule has 0 saturated carbocycles. The third-order valence-electron chi connectivity index (χ3n) is 8.86. The van der Waals surface area contributed by atoms with Crippen LogP contribution in [0.4, 0.5) is 11.4 Å². The van der Waals surface area contributed by atoms with Crippen LogP contribution in [-0.4, -0.2) is 39.1 Å². The van der Waals surface area contributed by atoms with E-state index in [4.69, 9.17) is 4.18 Å². The average Bonchev–Trinajstić information content (AvgIpc) is 3.08.